The zero-order valence-corrected chi connectivity index (χ0v) is 12.8. The van der Waals surface area contributed by atoms with Crippen molar-refractivity contribution in [1.82, 2.24) is 9.29 Å². The topological polar surface area (TPSA) is 62.3 Å². The molecule has 1 rings (SSSR count). The number of nitrogens with zero attached hydrogens (tertiary/aromatic N) is 2. The van der Waals surface area contributed by atoms with Crippen LogP contribution < -0.4 is 5.32 Å². The summed E-state index contributed by atoms with van der Waals surface area (Å²) in [5.74, 6) is 0. The molecule has 0 radical (unpaired) electrons. The fourth-order valence-electron chi connectivity index (χ4n) is 1.75. The van der Waals surface area contributed by atoms with Crippen LogP contribution in [0.15, 0.2) is 23.4 Å². The van der Waals surface area contributed by atoms with Gasteiger partial charge in [0.05, 0.1) is 5.69 Å². The van der Waals surface area contributed by atoms with Crippen LogP contribution in [0.1, 0.15) is 20.8 Å². The first kappa shape index (κ1) is 17.7. The maximum Gasteiger partial charge on any atom is 0.402 e. The van der Waals surface area contributed by atoms with E-state index in [9.17, 15) is 21.6 Å². The molecule has 0 amide bonds. The largest absolute Gasteiger partial charge is 0.402 e. The van der Waals surface area contributed by atoms with Crippen LogP contribution in [0.4, 0.5) is 18.9 Å². The first-order chi connectivity index (χ1) is 9.59. The lowest BCUT2D eigenvalue weighted by Gasteiger charge is -2.27. The highest BCUT2D eigenvalue weighted by molar-refractivity contribution is 7.89. The summed E-state index contributed by atoms with van der Waals surface area (Å²) < 4.78 is 63.2. The second-order valence-corrected chi connectivity index (χ2v) is 6.45. The second-order valence-electron chi connectivity index (χ2n) is 4.65. The zero-order chi connectivity index (χ0) is 16.3. The highest BCUT2D eigenvalue weighted by atomic mass is 32.2. The smallest absolute Gasteiger partial charge is 0.383 e. The Labute approximate surface area is 122 Å². The van der Waals surface area contributed by atoms with E-state index in [-0.39, 0.29) is 5.69 Å². The zero-order valence-electron chi connectivity index (χ0n) is 12.0. The molecule has 9 heteroatoms. The molecule has 1 aromatic rings. The molecule has 1 aromatic heterocycles. The van der Waals surface area contributed by atoms with Crippen LogP contribution in [-0.4, -0.2) is 43.0 Å². The lowest BCUT2D eigenvalue weighted by atomic mass is 10.4. The summed E-state index contributed by atoms with van der Waals surface area (Å²) in [5, 5.41) is 2.39. The van der Waals surface area contributed by atoms with Crippen molar-refractivity contribution < 1.29 is 21.6 Å². The van der Waals surface area contributed by atoms with E-state index in [0.29, 0.717) is 10.8 Å². The molecule has 0 saturated carbocycles. The van der Waals surface area contributed by atoms with E-state index in [1.54, 1.807) is 6.92 Å². The molecule has 0 fully saturated rings. The maximum atomic E-state index is 12.6. The summed E-state index contributed by atoms with van der Waals surface area (Å²) in [4.78, 5) is 3.74. The van der Waals surface area contributed by atoms with Crippen molar-refractivity contribution in [2.45, 2.75) is 38.0 Å². The predicted octanol–water partition coefficient (Wildman–Crippen LogP) is 2.47. The van der Waals surface area contributed by atoms with E-state index in [1.807, 2.05) is 0 Å². The second kappa shape index (κ2) is 6.61. The number of alkyl halides is 3. The van der Waals surface area contributed by atoms with Gasteiger partial charge in [0.1, 0.15) is 6.54 Å². The van der Waals surface area contributed by atoms with Gasteiger partial charge in [0.25, 0.3) is 10.0 Å². The number of nitrogens with one attached hydrogen (secondary N) is 1. The summed E-state index contributed by atoms with van der Waals surface area (Å²) >= 11 is 0. The average Bonchev–Trinajstić information content (AvgIpc) is 2.35. The number of hydrogen-bond donors (Lipinski definition) is 1. The molecule has 0 spiro atoms. The molecule has 120 valence electrons. The quantitative estimate of drug-likeness (QED) is 0.873. The van der Waals surface area contributed by atoms with Gasteiger partial charge >= 0.3 is 6.18 Å². The van der Waals surface area contributed by atoms with Crippen molar-refractivity contribution in [2.75, 3.05) is 18.4 Å². The number of aromatic nitrogens is 1. The van der Waals surface area contributed by atoms with E-state index >= 15 is 0 Å². The van der Waals surface area contributed by atoms with Crippen LogP contribution in [0.2, 0.25) is 0 Å². The van der Waals surface area contributed by atoms with Crippen LogP contribution in [0.25, 0.3) is 0 Å². The van der Waals surface area contributed by atoms with Crippen LogP contribution in [0.3, 0.4) is 0 Å². The van der Waals surface area contributed by atoms with Gasteiger partial charge in [0.2, 0.25) is 0 Å². The molecular weight excluding hydrogens is 307 g/mol. The summed E-state index contributed by atoms with van der Waals surface area (Å²) in [7, 11) is -4.35. The predicted molar refractivity (Wildman–Crippen MR) is 73.5 cm³/mol. The number of pyridine rings is 1. The van der Waals surface area contributed by atoms with Crippen molar-refractivity contribution >= 4 is 15.7 Å². The van der Waals surface area contributed by atoms with E-state index in [2.05, 4.69) is 10.3 Å². The molecule has 0 saturated heterocycles. The summed E-state index contributed by atoms with van der Waals surface area (Å²) in [6, 6.07) is 2.14. The highest BCUT2D eigenvalue weighted by Crippen LogP contribution is 2.27. The van der Waals surface area contributed by atoms with E-state index in [4.69, 9.17) is 0 Å². The van der Waals surface area contributed by atoms with Gasteiger partial charge in [-0.05, 0) is 32.9 Å². The van der Waals surface area contributed by atoms with Gasteiger partial charge < -0.3 is 5.32 Å². The molecule has 21 heavy (non-hydrogen) atoms. The van der Waals surface area contributed by atoms with Crippen molar-refractivity contribution in [3.05, 3.63) is 18.3 Å². The number of rotatable bonds is 6. The lowest BCUT2D eigenvalue weighted by Crippen LogP contribution is -2.43. The van der Waals surface area contributed by atoms with Crippen LogP contribution in [0, 0.1) is 0 Å². The Kier molecular flexibility index (Phi) is 5.57. The Hall–Kier alpha value is -1.35. The molecule has 0 atom stereocenters. The molecule has 5 nitrogen and oxygen atoms in total. The molecule has 0 unspecified atom stereocenters. The van der Waals surface area contributed by atoms with Gasteiger partial charge in [-0.1, -0.05) is 0 Å². The third-order valence-corrected chi connectivity index (χ3v) is 4.58. The van der Waals surface area contributed by atoms with Crippen molar-refractivity contribution in [3.8, 4) is 0 Å². The minimum atomic E-state index is -4.62. The molecule has 1 heterocycles. The first-order valence-electron chi connectivity index (χ1n) is 6.37. The third kappa shape index (κ3) is 4.57. The van der Waals surface area contributed by atoms with Gasteiger partial charge in [0.15, 0.2) is 5.03 Å². The highest BCUT2D eigenvalue weighted by Gasteiger charge is 2.39. The Bertz CT molecular complexity index is 573. The fraction of sp³-hybridized carbons (Fsp3) is 0.583. The van der Waals surface area contributed by atoms with Gasteiger partial charge in [-0.15, -0.1) is 0 Å². The minimum Gasteiger partial charge on any atom is -0.383 e. The molecule has 0 aliphatic rings. The molecular formula is C12H18F3N3O2S. The minimum absolute atomic E-state index is 0.188. The van der Waals surface area contributed by atoms with Crippen molar-refractivity contribution in [1.29, 1.82) is 0 Å². The SMILES string of the molecule is CCNc1cccnc1S(=O)(=O)N(CC(F)(F)F)C(C)C. The lowest BCUT2D eigenvalue weighted by molar-refractivity contribution is -0.138. The molecule has 0 bridgehead atoms. The fourth-order valence-corrected chi connectivity index (χ4v) is 3.46. The van der Waals surface area contributed by atoms with Crippen molar-refractivity contribution in [2.24, 2.45) is 0 Å². The maximum absolute atomic E-state index is 12.6. The Morgan fingerprint density at radius 1 is 1.38 bits per heavy atom. The Balaban J connectivity index is 3.30. The van der Waals surface area contributed by atoms with Crippen LogP contribution >= 0.6 is 0 Å². The number of hydrogen-bond acceptors (Lipinski definition) is 4. The van der Waals surface area contributed by atoms with Crippen molar-refractivity contribution in [3.63, 3.8) is 0 Å². The van der Waals surface area contributed by atoms with Crippen LogP contribution in [-0.2, 0) is 10.0 Å². The first-order valence-corrected chi connectivity index (χ1v) is 7.81. The van der Waals surface area contributed by atoms with Gasteiger partial charge in [-0.25, -0.2) is 13.4 Å². The summed E-state index contributed by atoms with van der Waals surface area (Å²) in [5.41, 5.74) is 0.188. The van der Waals surface area contributed by atoms with Gasteiger partial charge in [-0.3, -0.25) is 0 Å². The Morgan fingerprint density at radius 2 is 2.00 bits per heavy atom. The van der Waals surface area contributed by atoms with Crippen LogP contribution in [0.5, 0.6) is 0 Å². The standard InChI is InChI=1S/C12H18F3N3O2S/c1-4-16-10-6-5-7-17-11(10)21(19,20)18(9(2)3)8-12(13,14)15/h5-7,9,16H,4,8H2,1-3H3. The Morgan fingerprint density at radius 3 is 2.48 bits per heavy atom. The monoisotopic (exact) mass is 325 g/mol. The van der Waals surface area contributed by atoms with E-state index < -0.39 is 33.8 Å². The molecule has 1 N–H and O–H groups in total. The normalized spacial score (nSPS) is 13.0. The number of halogens is 3. The van der Waals surface area contributed by atoms with E-state index in [1.165, 1.54) is 32.2 Å². The summed E-state index contributed by atoms with van der Waals surface area (Å²) in [6.07, 6.45) is -3.38. The summed E-state index contributed by atoms with van der Waals surface area (Å²) in [6.45, 7) is 3.40. The average molecular weight is 325 g/mol. The number of anilines is 1. The molecule has 0 aliphatic heterocycles. The molecule has 0 aliphatic carbocycles. The third-order valence-electron chi connectivity index (χ3n) is 2.60. The molecule has 0 aromatic carbocycles. The van der Waals surface area contributed by atoms with Gasteiger partial charge in [0, 0.05) is 18.8 Å². The van der Waals surface area contributed by atoms with E-state index in [0.717, 1.165) is 0 Å². The van der Waals surface area contributed by atoms with Gasteiger partial charge in [-0.2, -0.15) is 17.5 Å². The number of sulfonamides is 1.